The number of hydrogen-bond donors (Lipinski definition) is 2. The van der Waals surface area contributed by atoms with E-state index in [2.05, 4.69) is 16.7 Å². The molecule has 6 nitrogen and oxygen atoms in total. The Bertz CT molecular complexity index is 677. The van der Waals surface area contributed by atoms with Gasteiger partial charge in [0.05, 0.1) is 11.9 Å². The van der Waals surface area contributed by atoms with Crippen molar-refractivity contribution in [2.45, 2.75) is 18.7 Å². The molecule has 0 spiro atoms. The molecular formula is C15H17FN4O2S. The van der Waals surface area contributed by atoms with Crippen LogP contribution < -0.4 is 4.90 Å². The van der Waals surface area contributed by atoms with Crippen LogP contribution in [0.4, 0.5) is 10.1 Å². The summed E-state index contributed by atoms with van der Waals surface area (Å²) >= 11 is 0.981. The van der Waals surface area contributed by atoms with Crippen molar-refractivity contribution in [3.8, 4) is 0 Å². The first-order valence-corrected chi connectivity index (χ1v) is 7.84. The van der Waals surface area contributed by atoms with Crippen LogP contribution in [0.2, 0.25) is 0 Å². The van der Waals surface area contributed by atoms with Crippen molar-refractivity contribution >= 4 is 41.0 Å². The van der Waals surface area contributed by atoms with E-state index in [0.29, 0.717) is 13.0 Å². The van der Waals surface area contributed by atoms with E-state index in [9.17, 15) is 9.18 Å². The normalized spacial score (nSPS) is 15.2. The highest BCUT2D eigenvalue weighted by Gasteiger charge is 2.23. The lowest BCUT2D eigenvalue weighted by Gasteiger charge is -2.19. The van der Waals surface area contributed by atoms with Crippen LogP contribution in [0.5, 0.6) is 0 Å². The Labute approximate surface area is 137 Å². The molecule has 1 aromatic rings. The third-order valence-electron chi connectivity index (χ3n) is 3.36. The van der Waals surface area contributed by atoms with Crippen LogP contribution in [-0.2, 0) is 11.2 Å². The predicted octanol–water partition coefficient (Wildman–Crippen LogP) is 2.43. The van der Waals surface area contributed by atoms with E-state index in [1.165, 1.54) is 12.1 Å². The first kappa shape index (κ1) is 17.1. The number of aliphatic carboxylic acids is 1. The van der Waals surface area contributed by atoms with Gasteiger partial charge in [0.1, 0.15) is 11.7 Å². The van der Waals surface area contributed by atoms with Crippen molar-refractivity contribution in [1.29, 1.82) is 5.41 Å². The number of nitrogens with one attached hydrogen (secondary N) is 1. The number of aliphatic imine (C=N–C) groups is 2. The molecule has 0 fully saturated rings. The predicted molar refractivity (Wildman–Crippen MR) is 91.7 cm³/mol. The second-order valence-electron chi connectivity index (χ2n) is 4.95. The van der Waals surface area contributed by atoms with Crippen LogP contribution in [0.25, 0.3) is 0 Å². The quantitative estimate of drug-likeness (QED) is 0.653. The fourth-order valence-electron chi connectivity index (χ4n) is 2.24. The van der Waals surface area contributed by atoms with E-state index in [0.717, 1.165) is 23.0 Å². The standard InChI is InChI=1S/C15H17FN4O2S/c1-9(18-2)23-14(15(21)22)19-8-13(17)20-6-5-10-7-11(16)3-4-12(10)20/h3-4,7,9,17H,2,5-6,8H2,1H3,(H,21,22). The Morgan fingerprint density at radius 2 is 2.35 bits per heavy atom. The number of benzene rings is 1. The van der Waals surface area contributed by atoms with Crippen molar-refractivity contribution in [1.82, 2.24) is 0 Å². The zero-order valence-corrected chi connectivity index (χ0v) is 13.4. The fraction of sp³-hybridized carbons (Fsp3) is 0.333. The van der Waals surface area contributed by atoms with Gasteiger partial charge in [0, 0.05) is 12.2 Å². The summed E-state index contributed by atoms with van der Waals surface area (Å²) in [5, 5.41) is 16.8. The molecule has 0 aromatic heterocycles. The second kappa shape index (κ2) is 7.36. The minimum atomic E-state index is -1.15. The number of halogens is 1. The molecule has 1 aliphatic heterocycles. The van der Waals surface area contributed by atoms with Crippen molar-refractivity contribution in [2.24, 2.45) is 9.98 Å². The zero-order chi connectivity index (χ0) is 17.0. The van der Waals surface area contributed by atoms with Crippen LogP contribution in [0.3, 0.4) is 0 Å². The Morgan fingerprint density at radius 1 is 1.61 bits per heavy atom. The maximum Gasteiger partial charge on any atom is 0.360 e. The Morgan fingerprint density at radius 3 is 3.00 bits per heavy atom. The molecule has 0 saturated carbocycles. The summed E-state index contributed by atoms with van der Waals surface area (Å²) in [6, 6.07) is 4.44. The summed E-state index contributed by atoms with van der Waals surface area (Å²) in [5.74, 6) is -1.28. The van der Waals surface area contributed by atoms with Crippen molar-refractivity contribution < 1.29 is 14.3 Å². The highest BCUT2D eigenvalue weighted by Crippen LogP contribution is 2.28. The van der Waals surface area contributed by atoms with Gasteiger partial charge in [0.15, 0.2) is 5.04 Å². The Hall–Kier alpha value is -2.22. The maximum absolute atomic E-state index is 13.2. The lowest BCUT2D eigenvalue weighted by atomic mass is 10.2. The molecule has 1 heterocycles. The number of carbonyl (C=O) groups is 1. The molecule has 1 aromatic carbocycles. The van der Waals surface area contributed by atoms with Gasteiger partial charge in [-0.25, -0.2) is 9.18 Å². The van der Waals surface area contributed by atoms with Crippen LogP contribution in [0.15, 0.2) is 28.2 Å². The fourth-order valence-corrected chi connectivity index (χ4v) is 2.87. The van der Waals surface area contributed by atoms with E-state index < -0.39 is 5.97 Å². The summed E-state index contributed by atoms with van der Waals surface area (Å²) in [6.07, 6.45) is 0.650. The molecule has 122 valence electrons. The summed E-state index contributed by atoms with van der Waals surface area (Å²) < 4.78 is 13.2. The topological polar surface area (TPSA) is 89.1 Å². The number of amidine groups is 1. The van der Waals surface area contributed by atoms with Crippen molar-refractivity contribution in [2.75, 3.05) is 18.0 Å². The monoisotopic (exact) mass is 336 g/mol. The van der Waals surface area contributed by atoms with Gasteiger partial charge in [-0.2, -0.15) is 0 Å². The average molecular weight is 336 g/mol. The number of carboxylic acids is 1. The molecule has 8 heteroatoms. The number of anilines is 1. The Kier molecular flexibility index (Phi) is 5.49. The van der Waals surface area contributed by atoms with Crippen LogP contribution in [0.1, 0.15) is 12.5 Å². The summed E-state index contributed by atoms with van der Waals surface area (Å²) in [4.78, 5) is 20.6. The van der Waals surface area contributed by atoms with Gasteiger partial charge in [0.2, 0.25) is 0 Å². The van der Waals surface area contributed by atoms with E-state index in [1.807, 2.05) is 0 Å². The van der Waals surface area contributed by atoms with Gasteiger partial charge in [0.25, 0.3) is 0 Å². The van der Waals surface area contributed by atoms with Gasteiger partial charge in [-0.15, -0.1) is 0 Å². The maximum atomic E-state index is 13.2. The molecule has 0 saturated heterocycles. The molecule has 23 heavy (non-hydrogen) atoms. The van der Waals surface area contributed by atoms with Gasteiger partial charge < -0.3 is 10.0 Å². The minimum Gasteiger partial charge on any atom is -0.476 e. The molecule has 1 atom stereocenters. The van der Waals surface area contributed by atoms with E-state index in [4.69, 9.17) is 10.5 Å². The molecule has 1 aliphatic rings. The number of thioether (sulfide) groups is 1. The first-order chi connectivity index (χ1) is 10.9. The first-order valence-electron chi connectivity index (χ1n) is 6.96. The van der Waals surface area contributed by atoms with E-state index in [-0.39, 0.29) is 28.6 Å². The molecule has 2 rings (SSSR count). The molecular weight excluding hydrogens is 319 g/mol. The smallest absolute Gasteiger partial charge is 0.360 e. The van der Waals surface area contributed by atoms with Gasteiger partial charge in [-0.3, -0.25) is 15.4 Å². The Balaban J connectivity index is 2.09. The summed E-state index contributed by atoms with van der Waals surface area (Å²) in [5.41, 5.74) is 1.62. The average Bonchev–Trinajstić information content (AvgIpc) is 2.93. The molecule has 0 radical (unpaired) electrons. The zero-order valence-electron chi connectivity index (χ0n) is 12.6. The largest absolute Gasteiger partial charge is 0.476 e. The number of carboxylic acid groups (broad SMARTS) is 1. The SMILES string of the molecule is C=NC(C)SC(=NCC(=N)N1CCc2cc(F)ccc21)C(=O)O. The number of rotatable bonds is 4. The molecule has 0 amide bonds. The minimum absolute atomic E-state index is 0.0602. The number of hydrogen-bond acceptors (Lipinski definition) is 5. The highest BCUT2D eigenvalue weighted by atomic mass is 32.2. The molecule has 1 unspecified atom stereocenters. The molecule has 0 aliphatic carbocycles. The molecule has 0 bridgehead atoms. The second-order valence-corrected chi connectivity index (χ2v) is 6.25. The van der Waals surface area contributed by atoms with Crippen molar-refractivity contribution in [3.63, 3.8) is 0 Å². The summed E-state index contributed by atoms with van der Waals surface area (Å²) in [6.45, 7) is 5.58. The van der Waals surface area contributed by atoms with Gasteiger partial charge >= 0.3 is 5.97 Å². The van der Waals surface area contributed by atoms with Gasteiger partial charge in [-0.1, -0.05) is 11.8 Å². The third-order valence-corrected chi connectivity index (χ3v) is 4.37. The lowest BCUT2D eigenvalue weighted by Crippen LogP contribution is -2.31. The van der Waals surface area contributed by atoms with Crippen molar-refractivity contribution in [3.05, 3.63) is 29.6 Å². The van der Waals surface area contributed by atoms with Gasteiger partial charge in [-0.05, 0) is 43.8 Å². The van der Waals surface area contributed by atoms with Crippen LogP contribution in [0, 0.1) is 11.2 Å². The highest BCUT2D eigenvalue weighted by molar-refractivity contribution is 8.16. The number of fused-ring (bicyclic) bond motifs is 1. The lowest BCUT2D eigenvalue weighted by molar-refractivity contribution is -0.129. The van der Waals surface area contributed by atoms with Crippen LogP contribution >= 0.6 is 11.8 Å². The summed E-state index contributed by atoms with van der Waals surface area (Å²) in [7, 11) is 0. The van der Waals surface area contributed by atoms with E-state index >= 15 is 0 Å². The van der Waals surface area contributed by atoms with Crippen LogP contribution in [-0.4, -0.2) is 47.1 Å². The number of nitrogens with zero attached hydrogens (tertiary/aromatic N) is 3. The third kappa shape index (κ3) is 4.16. The molecule has 2 N–H and O–H groups in total. The van der Waals surface area contributed by atoms with E-state index in [1.54, 1.807) is 17.9 Å².